The van der Waals surface area contributed by atoms with Crippen LogP contribution in [0.25, 0.3) is 0 Å². The second kappa shape index (κ2) is 5.53. The number of hydrogen-bond acceptors (Lipinski definition) is 4. The molecule has 0 aliphatic carbocycles. The topological polar surface area (TPSA) is 90.5 Å². The summed E-state index contributed by atoms with van der Waals surface area (Å²) in [5, 5.41) is 7.74. The molecule has 5 amide bonds. The van der Waals surface area contributed by atoms with E-state index in [1.54, 1.807) is 18.8 Å². The van der Waals surface area contributed by atoms with Gasteiger partial charge in [0.1, 0.15) is 12.1 Å². The van der Waals surface area contributed by atoms with Crippen molar-refractivity contribution < 1.29 is 14.4 Å². The minimum Gasteiger partial charge on any atom is -0.330 e. The van der Waals surface area contributed by atoms with Crippen molar-refractivity contribution in [3.63, 3.8) is 0 Å². The first kappa shape index (κ1) is 14.7. The molecule has 7 nitrogen and oxygen atoms in total. The number of carbonyl (C=O) groups is 3. The number of hydrogen-bond donors (Lipinski definition) is 3. The van der Waals surface area contributed by atoms with Crippen molar-refractivity contribution in [2.75, 3.05) is 13.3 Å². The molecule has 2 fully saturated rings. The number of rotatable bonds is 2. The highest BCUT2D eigenvalue weighted by atomic mass is 32.2. The average Bonchev–Trinajstić information content (AvgIpc) is 2.52. The van der Waals surface area contributed by atoms with Crippen molar-refractivity contribution in [2.45, 2.75) is 17.1 Å². The summed E-state index contributed by atoms with van der Waals surface area (Å²) in [6.07, 6.45) is 1.33. The van der Waals surface area contributed by atoms with E-state index < -0.39 is 30.2 Å². The summed E-state index contributed by atoms with van der Waals surface area (Å²) in [7, 11) is 1.55. The number of amides is 5. The van der Waals surface area contributed by atoms with Gasteiger partial charge >= 0.3 is 12.1 Å². The summed E-state index contributed by atoms with van der Waals surface area (Å²) in [5.41, 5.74) is 0.834. The van der Waals surface area contributed by atoms with Gasteiger partial charge in [0.05, 0.1) is 6.04 Å². The molecular formula is C14H16N4O3S. The number of thioether (sulfide) groups is 1. The van der Waals surface area contributed by atoms with Crippen LogP contribution in [0.15, 0.2) is 29.2 Å². The Morgan fingerprint density at radius 1 is 1.09 bits per heavy atom. The van der Waals surface area contributed by atoms with Crippen LogP contribution in [-0.4, -0.2) is 42.3 Å². The molecule has 2 aliphatic rings. The molecule has 1 aromatic carbocycles. The van der Waals surface area contributed by atoms with Gasteiger partial charge in [-0.15, -0.1) is 11.8 Å². The summed E-state index contributed by atoms with van der Waals surface area (Å²) in [6.45, 7) is 0. The van der Waals surface area contributed by atoms with E-state index in [0.29, 0.717) is 0 Å². The molecule has 2 heterocycles. The van der Waals surface area contributed by atoms with Crippen molar-refractivity contribution in [1.29, 1.82) is 0 Å². The van der Waals surface area contributed by atoms with Crippen LogP contribution >= 0.6 is 11.8 Å². The Labute approximate surface area is 131 Å². The normalized spacial score (nSPS) is 27.6. The van der Waals surface area contributed by atoms with Gasteiger partial charge < -0.3 is 15.5 Å². The molecule has 1 aromatic rings. The molecule has 0 aromatic heterocycles. The van der Waals surface area contributed by atoms with Gasteiger partial charge in [-0.1, -0.05) is 12.1 Å². The lowest BCUT2D eigenvalue weighted by atomic mass is 9.86. The molecule has 2 saturated heterocycles. The summed E-state index contributed by atoms with van der Waals surface area (Å²) in [4.78, 5) is 38.3. The molecule has 116 valence electrons. The average molecular weight is 320 g/mol. The van der Waals surface area contributed by atoms with Gasteiger partial charge in [-0.2, -0.15) is 0 Å². The lowest BCUT2D eigenvalue weighted by Gasteiger charge is -2.45. The van der Waals surface area contributed by atoms with Crippen molar-refractivity contribution in [1.82, 2.24) is 20.9 Å². The summed E-state index contributed by atoms with van der Waals surface area (Å²) in [6, 6.07) is 6.29. The molecule has 0 radical (unpaired) electrons. The van der Waals surface area contributed by atoms with E-state index in [4.69, 9.17) is 0 Å². The maximum Gasteiger partial charge on any atom is 0.325 e. The molecule has 22 heavy (non-hydrogen) atoms. The molecule has 3 rings (SSSR count). The van der Waals surface area contributed by atoms with Gasteiger partial charge in [0.15, 0.2) is 0 Å². The molecule has 8 heteroatoms. The second-order valence-electron chi connectivity index (χ2n) is 5.24. The van der Waals surface area contributed by atoms with E-state index in [1.165, 1.54) is 4.90 Å². The third-order valence-corrected chi connectivity index (χ3v) is 4.75. The number of nitrogens with one attached hydrogen (secondary N) is 3. The number of carbonyl (C=O) groups excluding carboxylic acids is 3. The Hall–Kier alpha value is -2.22. The third-order valence-electron chi connectivity index (χ3n) is 4.01. The van der Waals surface area contributed by atoms with Crippen LogP contribution in [-0.2, 0) is 4.79 Å². The highest BCUT2D eigenvalue weighted by Gasteiger charge is 2.48. The molecule has 0 saturated carbocycles. The third kappa shape index (κ3) is 2.39. The van der Waals surface area contributed by atoms with Gasteiger partial charge in [0.25, 0.3) is 0 Å². The van der Waals surface area contributed by atoms with Crippen LogP contribution in [0.1, 0.15) is 11.6 Å². The van der Waals surface area contributed by atoms with Crippen LogP contribution in [0.4, 0.5) is 9.59 Å². The summed E-state index contributed by atoms with van der Waals surface area (Å²) >= 11 is 1.62. The van der Waals surface area contributed by atoms with Crippen LogP contribution in [0.2, 0.25) is 0 Å². The Balaban J connectivity index is 1.96. The van der Waals surface area contributed by atoms with E-state index in [2.05, 4.69) is 16.0 Å². The fourth-order valence-electron chi connectivity index (χ4n) is 2.82. The summed E-state index contributed by atoms with van der Waals surface area (Å²) in [5.74, 6) is -0.972. The van der Waals surface area contributed by atoms with Crippen LogP contribution in [0.5, 0.6) is 0 Å². The van der Waals surface area contributed by atoms with E-state index in [9.17, 15) is 14.4 Å². The molecule has 3 unspecified atom stereocenters. The van der Waals surface area contributed by atoms with Gasteiger partial charge in [0.2, 0.25) is 5.91 Å². The Bertz CT molecular complexity index is 633. The van der Waals surface area contributed by atoms with Crippen molar-refractivity contribution in [2.24, 2.45) is 5.92 Å². The van der Waals surface area contributed by atoms with Crippen LogP contribution in [0, 0.1) is 5.92 Å². The number of urea groups is 2. The number of nitrogens with zero attached hydrogens (tertiary/aromatic N) is 1. The highest BCUT2D eigenvalue weighted by Crippen LogP contribution is 2.32. The van der Waals surface area contributed by atoms with Crippen LogP contribution < -0.4 is 16.0 Å². The maximum absolute atomic E-state index is 12.2. The Morgan fingerprint density at radius 3 is 2.41 bits per heavy atom. The first-order valence-electron chi connectivity index (χ1n) is 6.80. The smallest absolute Gasteiger partial charge is 0.325 e. The molecule has 0 spiro atoms. The number of imide groups is 1. The van der Waals surface area contributed by atoms with Crippen molar-refractivity contribution in [3.8, 4) is 0 Å². The lowest BCUT2D eigenvalue weighted by Crippen LogP contribution is -2.71. The quantitative estimate of drug-likeness (QED) is 0.706. The molecule has 3 N–H and O–H groups in total. The van der Waals surface area contributed by atoms with E-state index in [-0.39, 0.29) is 5.91 Å². The maximum atomic E-state index is 12.2. The SMILES string of the molecule is CSc1ccc(C2NC(=O)NC3C2C(=O)NC(=O)N3C)cc1. The standard InChI is InChI=1S/C14H16N4O3S/c1-18-11-9(12(19)17-14(18)21)10(15-13(20)16-11)7-3-5-8(22-2)6-4-7/h3-6,9-11H,1-2H3,(H2,15,16,20)(H,17,19,21). The van der Waals surface area contributed by atoms with Gasteiger partial charge in [-0.25, -0.2) is 9.59 Å². The largest absolute Gasteiger partial charge is 0.330 e. The predicted octanol–water partition coefficient (Wildman–Crippen LogP) is 0.886. The van der Waals surface area contributed by atoms with E-state index in [1.807, 2.05) is 30.5 Å². The van der Waals surface area contributed by atoms with Gasteiger partial charge in [-0.3, -0.25) is 10.1 Å². The minimum atomic E-state index is -0.653. The first-order valence-corrected chi connectivity index (χ1v) is 8.02. The predicted molar refractivity (Wildman–Crippen MR) is 81.2 cm³/mol. The highest BCUT2D eigenvalue weighted by molar-refractivity contribution is 7.98. The van der Waals surface area contributed by atoms with Gasteiger partial charge in [-0.05, 0) is 24.0 Å². The fourth-order valence-corrected chi connectivity index (χ4v) is 3.22. The molecular weight excluding hydrogens is 304 g/mol. The van der Waals surface area contributed by atoms with Gasteiger partial charge in [0, 0.05) is 11.9 Å². The zero-order valence-corrected chi connectivity index (χ0v) is 12.9. The fraction of sp³-hybridized carbons (Fsp3) is 0.357. The Kier molecular flexibility index (Phi) is 3.69. The first-order chi connectivity index (χ1) is 10.5. The lowest BCUT2D eigenvalue weighted by molar-refractivity contribution is -0.130. The van der Waals surface area contributed by atoms with E-state index in [0.717, 1.165) is 10.5 Å². The van der Waals surface area contributed by atoms with Crippen molar-refractivity contribution in [3.05, 3.63) is 29.8 Å². The zero-order chi connectivity index (χ0) is 15.9. The van der Waals surface area contributed by atoms with Crippen molar-refractivity contribution >= 4 is 29.7 Å². The molecule has 3 atom stereocenters. The number of fused-ring (bicyclic) bond motifs is 1. The molecule has 2 aliphatic heterocycles. The summed E-state index contributed by atoms with van der Waals surface area (Å²) < 4.78 is 0. The second-order valence-corrected chi connectivity index (χ2v) is 6.12. The monoisotopic (exact) mass is 320 g/mol. The van der Waals surface area contributed by atoms with E-state index >= 15 is 0 Å². The minimum absolute atomic E-state index is 0.389. The number of benzene rings is 1. The van der Waals surface area contributed by atoms with Crippen LogP contribution in [0.3, 0.4) is 0 Å². The Morgan fingerprint density at radius 2 is 1.77 bits per heavy atom. The molecule has 0 bridgehead atoms. The zero-order valence-electron chi connectivity index (χ0n) is 12.1.